The zero-order valence-electron chi connectivity index (χ0n) is 14.5. The molecule has 3 N–H and O–H groups in total. The Morgan fingerprint density at radius 1 is 1.30 bits per heavy atom. The summed E-state index contributed by atoms with van der Waals surface area (Å²) in [5, 5.41) is 16.4. The Morgan fingerprint density at radius 3 is 2.67 bits per heavy atom. The molecule has 9 heteroatoms. The number of nitrogens with one attached hydrogen (secondary N) is 2. The van der Waals surface area contributed by atoms with Crippen molar-refractivity contribution in [3.05, 3.63) is 50.0 Å². The Morgan fingerprint density at radius 2 is 2.00 bits per heavy atom. The van der Waals surface area contributed by atoms with E-state index < -0.39 is 17.7 Å². The molecule has 0 saturated carbocycles. The predicted octanol–water partition coefficient (Wildman–Crippen LogP) is 3.49. The van der Waals surface area contributed by atoms with Gasteiger partial charge in [-0.3, -0.25) is 9.59 Å². The van der Waals surface area contributed by atoms with Gasteiger partial charge >= 0.3 is 0 Å². The minimum Gasteiger partial charge on any atom is -0.504 e. The number of anilines is 1. The molecule has 0 fully saturated rings. The number of phenols is 1. The highest BCUT2D eigenvalue weighted by atomic mass is 127. The number of carbonyl (C=O) groups excluding carboxylic acids is 2. The normalized spacial score (nSPS) is 11.9. The van der Waals surface area contributed by atoms with E-state index in [9.17, 15) is 14.7 Å². The average Bonchev–Trinajstić information content (AvgIpc) is 2.65. The van der Waals surface area contributed by atoms with Gasteiger partial charge in [0.1, 0.15) is 5.92 Å². The number of rotatable bonds is 6. The summed E-state index contributed by atoms with van der Waals surface area (Å²) in [7, 11) is 1.44. The largest absolute Gasteiger partial charge is 0.504 e. The van der Waals surface area contributed by atoms with Crippen LogP contribution in [0.1, 0.15) is 12.5 Å². The standard InChI is InChI=1S/C18H17BrIN3O4/c1-10(17(25)22-14-6-4-3-5-12(14)19)18(26)23-21-9-11-7-13(20)16(24)15(8-11)27-2/h3-10,24H,1-2H3,(H,22,25)(H,23,26)/b21-9+. The number of benzene rings is 2. The van der Waals surface area contributed by atoms with Crippen LogP contribution in [0.2, 0.25) is 0 Å². The zero-order chi connectivity index (χ0) is 20.0. The second-order valence-electron chi connectivity index (χ2n) is 5.48. The first-order chi connectivity index (χ1) is 12.8. The first-order valence-electron chi connectivity index (χ1n) is 7.78. The number of methoxy groups -OCH3 is 1. The van der Waals surface area contributed by atoms with Gasteiger partial charge in [0.05, 0.1) is 22.6 Å². The lowest BCUT2D eigenvalue weighted by Crippen LogP contribution is -2.34. The molecule has 2 aromatic rings. The van der Waals surface area contributed by atoms with Gasteiger partial charge in [-0.1, -0.05) is 12.1 Å². The Labute approximate surface area is 178 Å². The Bertz CT molecular complexity index is 889. The van der Waals surface area contributed by atoms with Crippen molar-refractivity contribution in [3.8, 4) is 11.5 Å². The van der Waals surface area contributed by atoms with Crippen LogP contribution in [0.5, 0.6) is 11.5 Å². The van der Waals surface area contributed by atoms with Crippen LogP contribution in [0.25, 0.3) is 0 Å². The second kappa shape index (κ2) is 9.70. The van der Waals surface area contributed by atoms with E-state index in [0.29, 0.717) is 20.6 Å². The van der Waals surface area contributed by atoms with Crippen molar-refractivity contribution in [1.82, 2.24) is 5.43 Å². The first-order valence-corrected chi connectivity index (χ1v) is 9.65. The molecule has 0 aliphatic heterocycles. The van der Waals surface area contributed by atoms with Crippen molar-refractivity contribution in [2.24, 2.45) is 11.0 Å². The number of aromatic hydroxyl groups is 1. The Hall–Kier alpha value is -2.14. The number of nitrogens with zero attached hydrogens (tertiary/aromatic N) is 1. The smallest absolute Gasteiger partial charge is 0.252 e. The zero-order valence-corrected chi connectivity index (χ0v) is 18.2. The lowest BCUT2D eigenvalue weighted by molar-refractivity contribution is -0.131. The number of amides is 2. The quantitative estimate of drug-likeness (QED) is 0.224. The predicted molar refractivity (Wildman–Crippen MR) is 115 cm³/mol. The summed E-state index contributed by atoms with van der Waals surface area (Å²) >= 11 is 5.29. The van der Waals surface area contributed by atoms with Gasteiger partial charge in [0.25, 0.3) is 5.91 Å². The number of carbonyl (C=O) groups is 2. The number of para-hydroxylation sites is 1. The topological polar surface area (TPSA) is 100 Å². The lowest BCUT2D eigenvalue weighted by atomic mass is 10.1. The third-order valence-electron chi connectivity index (χ3n) is 3.58. The molecule has 2 rings (SSSR count). The summed E-state index contributed by atoms with van der Waals surface area (Å²) in [6, 6.07) is 10.4. The fourth-order valence-corrected chi connectivity index (χ4v) is 3.02. The third kappa shape index (κ3) is 5.67. The van der Waals surface area contributed by atoms with Gasteiger partial charge in [0.15, 0.2) is 11.5 Å². The van der Waals surface area contributed by atoms with E-state index in [0.717, 1.165) is 4.47 Å². The molecule has 7 nitrogen and oxygen atoms in total. The van der Waals surface area contributed by atoms with E-state index in [1.807, 2.05) is 28.7 Å². The van der Waals surface area contributed by atoms with Crippen LogP contribution in [0, 0.1) is 9.49 Å². The summed E-state index contributed by atoms with van der Waals surface area (Å²) in [5.74, 6) is -1.59. The molecule has 1 unspecified atom stereocenters. The minimum atomic E-state index is -0.941. The van der Waals surface area contributed by atoms with Crippen molar-refractivity contribution in [3.63, 3.8) is 0 Å². The van der Waals surface area contributed by atoms with Crippen LogP contribution < -0.4 is 15.5 Å². The molecule has 1 atom stereocenters. The average molecular weight is 546 g/mol. The number of hydrazone groups is 1. The molecule has 0 spiro atoms. The molecule has 142 valence electrons. The Kier molecular flexibility index (Phi) is 7.60. The first kappa shape index (κ1) is 21.2. The SMILES string of the molecule is COc1cc(/C=N/NC(=O)C(C)C(=O)Nc2ccccc2Br)cc(I)c1O. The number of hydrogen-bond acceptors (Lipinski definition) is 5. The van der Waals surface area contributed by atoms with Crippen molar-refractivity contribution in [1.29, 1.82) is 0 Å². The van der Waals surface area contributed by atoms with Crippen LogP contribution >= 0.6 is 38.5 Å². The summed E-state index contributed by atoms with van der Waals surface area (Å²) in [5.41, 5.74) is 3.54. The van der Waals surface area contributed by atoms with Crippen LogP contribution in [-0.2, 0) is 9.59 Å². The molecule has 0 saturated heterocycles. The van der Waals surface area contributed by atoms with Crippen molar-refractivity contribution >= 4 is 62.2 Å². The number of phenolic OH excluding ortho intramolecular Hbond substituents is 1. The minimum absolute atomic E-state index is 0.0386. The maximum atomic E-state index is 12.2. The van der Waals surface area contributed by atoms with E-state index >= 15 is 0 Å². The number of ether oxygens (including phenoxy) is 1. The molecule has 0 aromatic heterocycles. The van der Waals surface area contributed by atoms with E-state index in [-0.39, 0.29) is 5.75 Å². The van der Waals surface area contributed by atoms with E-state index in [4.69, 9.17) is 4.74 Å². The number of halogens is 2. The molecule has 0 radical (unpaired) electrons. The Balaban J connectivity index is 1.98. The van der Waals surface area contributed by atoms with Gasteiger partial charge < -0.3 is 15.2 Å². The molecule has 27 heavy (non-hydrogen) atoms. The highest BCUT2D eigenvalue weighted by Crippen LogP contribution is 2.31. The molecular formula is C18H17BrIN3O4. The fraction of sp³-hybridized carbons (Fsp3) is 0.167. The van der Waals surface area contributed by atoms with Gasteiger partial charge in [0.2, 0.25) is 5.91 Å². The van der Waals surface area contributed by atoms with Gasteiger partial charge in [-0.25, -0.2) is 5.43 Å². The summed E-state index contributed by atoms with van der Waals surface area (Å²) in [4.78, 5) is 24.3. The highest BCUT2D eigenvalue weighted by molar-refractivity contribution is 14.1. The molecule has 0 aliphatic rings. The number of hydrogen-bond donors (Lipinski definition) is 3. The van der Waals surface area contributed by atoms with Crippen molar-refractivity contribution in [2.75, 3.05) is 12.4 Å². The van der Waals surface area contributed by atoms with Crippen molar-refractivity contribution < 1.29 is 19.4 Å². The fourth-order valence-electron chi connectivity index (χ4n) is 2.01. The van der Waals surface area contributed by atoms with E-state index in [1.165, 1.54) is 20.2 Å². The second-order valence-corrected chi connectivity index (χ2v) is 7.50. The summed E-state index contributed by atoms with van der Waals surface area (Å²) in [6.45, 7) is 1.49. The van der Waals surface area contributed by atoms with Crippen LogP contribution in [0.15, 0.2) is 46.0 Å². The maximum Gasteiger partial charge on any atom is 0.252 e. The molecule has 2 aromatic carbocycles. The van der Waals surface area contributed by atoms with Gasteiger partial charge in [0, 0.05) is 4.47 Å². The highest BCUT2D eigenvalue weighted by Gasteiger charge is 2.21. The summed E-state index contributed by atoms with van der Waals surface area (Å²) in [6.07, 6.45) is 1.40. The molecule has 0 heterocycles. The maximum absolute atomic E-state index is 12.2. The summed E-state index contributed by atoms with van der Waals surface area (Å²) < 4.78 is 6.38. The van der Waals surface area contributed by atoms with Crippen LogP contribution in [0.4, 0.5) is 5.69 Å². The lowest BCUT2D eigenvalue weighted by Gasteiger charge is -2.11. The molecule has 0 aliphatic carbocycles. The van der Waals surface area contributed by atoms with Gasteiger partial charge in [-0.05, 0) is 75.3 Å². The third-order valence-corrected chi connectivity index (χ3v) is 5.09. The monoisotopic (exact) mass is 545 g/mol. The van der Waals surface area contributed by atoms with E-state index in [2.05, 4.69) is 31.8 Å². The molecule has 2 amide bonds. The van der Waals surface area contributed by atoms with Gasteiger partial charge in [-0.15, -0.1) is 0 Å². The van der Waals surface area contributed by atoms with Crippen LogP contribution in [0.3, 0.4) is 0 Å². The molecular weight excluding hydrogens is 529 g/mol. The van der Waals surface area contributed by atoms with Crippen LogP contribution in [-0.4, -0.2) is 30.2 Å². The molecule has 0 bridgehead atoms. The van der Waals surface area contributed by atoms with E-state index in [1.54, 1.807) is 30.3 Å². The van der Waals surface area contributed by atoms with Crippen molar-refractivity contribution in [2.45, 2.75) is 6.92 Å². The van der Waals surface area contributed by atoms with Gasteiger partial charge in [-0.2, -0.15) is 5.10 Å².